The lowest BCUT2D eigenvalue weighted by Crippen LogP contribution is -2.39. The van der Waals surface area contributed by atoms with Gasteiger partial charge >= 0.3 is 0 Å². The first-order chi connectivity index (χ1) is 6.29. The minimum Gasteiger partial charge on any atom is -0.355 e. The van der Waals surface area contributed by atoms with Crippen molar-refractivity contribution in [1.29, 1.82) is 0 Å². The summed E-state index contributed by atoms with van der Waals surface area (Å²) in [6.45, 7) is 9.00. The molecule has 0 heterocycles. The summed E-state index contributed by atoms with van der Waals surface area (Å²) in [5, 5.41) is 2.97. The maximum atomic E-state index is 11.6. The first-order valence-corrected chi connectivity index (χ1v) is 5.67. The molecule has 1 atom stereocenters. The van der Waals surface area contributed by atoms with Crippen LogP contribution in [0.3, 0.4) is 0 Å². The van der Waals surface area contributed by atoms with Gasteiger partial charge in [-0.1, -0.05) is 13.8 Å². The maximum Gasteiger partial charge on any atom is 0.226 e. The van der Waals surface area contributed by atoms with Gasteiger partial charge in [0, 0.05) is 12.4 Å². The Morgan fingerprint density at radius 1 is 1.57 bits per heavy atom. The van der Waals surface area contributed by atoms with E-state index in [1.165, 1.54) is 6.42 Å². The lowest BCUT2D eigenvalue weighted by atomic mass is 9.95. The first-order valence-electron chi connectivity index (χ1n) is 5.14. The number of carbonyl (C=O) groups is 1. The number of carbonyl (C=O) groups excluding carboxylic acids is 1. The van der Waals surface area contributed by atoms with Crippen LogP contribution in [0.25, 0.3) is 0 Å². The molecular formula is C11H20ClNO. The van der Waals surface area contributed by atoms with E-state index in [2.05, 4.69) is 19.2 Å². The van der Waals surface area contributed by atoms with Crippen LogP contribution < -0.4 is 5.32 Å². The molecule has 82 valence electrons. The SMILES string of the molecule is CC(C)(CCl)C(=O)NCC1CC1(C)C. The van der Waals surface area contributed by atoms with E-state index < -0.39 is 5.41 Å². The Kier molecular flexibility index (Phi) is 3.15. The number of amides is 1. The first kappa shape index (κ1) is 11.8. The van der Waals surface area contributed by atoms with Gasteiger partial charge in [0.1, 0.15) is 0 Å². The summed E-state index contributed by atoms with van der Waals surface area (Å²) in [6.07, 6.45) is 1.22. The van der Waals surface area contributed by atoms with E-state index in [-0.39, 0.29) is 5.91 Å². The smallest absolute Gasteiger partial charge is 0.226 e. The Morgan fingerprint density at radius 3 is 2.43 bits per heavy atom. The average Bonchev–Trinajstić information content (AvgIpc) is 2.70. The van der Waals surface area contributed by atoms with Gasteiger partial charge in [-0.2, -0.15) is 0 Å². The fourth-order valence-electron chi connectivity index (χ4n) is 1.44. The molecule has 1 aliphatic rings. The van der Waals surface area contributed by atoms with Crippen molar-refractivity contribution in [2.24, 2.45) is 16.7 Å². The van der Waals surface area contributed by atoms with Crippen LogP contribution >= 0.6 is 11.6 Å². The zero-order valence-corrected chi connectivity index (χ0v) is 10.2. The van der Waals surface area contributed by atoms with Crippen LogP contribution in [0.15, 0.2) is 0 Å². The fraction of sp³-hybridized carbons (Fsp3) is 0.909. The summed E-state index contributed by atoms with van der Waals surface area (Å²) in [5.41, 5.74) is -0.0149. The lowest BCUT2D eigenvalue weighted by molar-refractivity contribution is -0.128. The highest BCUT2D eigenvalue weighted by atomic mass is 35.5. The normalized spacial score (nSPS) is 24.5. The lowest BCUT2D eigenvalue weighted by Gasteiger charge is -2.20. The zero-order chi connectivity index (χ0) is 11.0. The number of hydrogen-bond acceptors (Lipinski definition) is 1. The van der Waals surface area contributed by atoms with Crippen molar-refractivity contribution in [3.63, 3.8) is 0 Å². The summed E-state index contributed by atoms with van der Waals surface area (Å²) >= 11 is 5.71. The minimum absolute atomic E-state index is 0.0650. The third-order valence-electron chi connectivity index (χ3n) is 3.18. The second kappa shape index (κ2) is 3.73. The standard InChI is InChI=1S/C11H20ClNO/c1-10(2)5-8(10)6-13-9(14)11(3,4)7-12/h8H,5-7H2,1-4H3,(H,13,14). The van der Waals surface area contributed by atoms with Gasteiger partial charge in [0.05, 0.1) is 5.41 Å². The van der Waals surface area contributed by atoms with Gasteiger partial charge in [-0.25, -0.2) is 0 Å². The molecule has 1 aliphatic carbocycles. The monoisotopic (exact) mass is 217 g/mol. The summed E-state index contributed by atoms with van der Waals surface area (Å²) in [7, 11) is 0. The Morgan fingerprint density at radius 2 is 2.07 bits per heavy atom. The summed E-state index contributed by atoms with van der Waals surface area (Å²) in [4.78, 5) is 11.6. The highest BCUT2D eigenvalue weighted by Gasteiger charge is 2.45. The Labute approximate surface area is 91.4 Å². The molecule has 0 spiro atoms. The number of nitrogens with one attached hydrogen (secondary N) is 1. The van der Waals surface area contributed by atoms with Gasteiger partial charge in [0.25, 0.3) is 0 Å². The van der Waals surface area contributed by atoms with Crippen LogP contribution in [0.2, 0.25) is 0 Å². The van der Waals surface area contributed by atoms with E-state index in [0.717, 1.165) is 6.54 Å². The van der Waals surface area contributed by atoms with E-state index in [4.69, 9.17) is 11.6 Å². The van der Waals surface area contributed by atoms with Crippen molar-refractivity contribution in [3.05, 3.63) is 0 Å². The van der Waals surface area contributed by atoms with Gasteiger partial charge in [0.15, 0.2) is 0 Å². The van der Waals surface area contributed by atoms with Crippen molar-refractivity contribution >= 4 is 17.5 Å². The quantitative estimate of drug-likeness (QED) is 0.720. The van der Waals surface area contributed by atoms with Crippen molar-refractivity contribution in [1.82, 2.24) is 5.32 Å². The van der Waals surface area contributed by atoms with Crippen molar-refractivity contribution in [2.75, 3.05) is 12.4 Å². The molecule has 1 unspecified atom stereocenters. The molecule has 1 N–H and O–H groups in total. The summed E-state index contributed by atoms with van der Waals surface area (Å²) in [6, 6.07) is 0. The number of alkyl halides is 1. The van der Waals surface area contributed by atoms with E-state index >= 15 is 0 Å². The van der Waals surface area contributed by atoms with Gasteiger partial charge in [-0.15, -0.1) is 11.6 Å². The van der Waals surface area contributed by atoms with Crippen LogP contribution in [-0.2, 0) is 4.79 Å². The third kappa shape index (κ3) is 2.63. The van der Waals surface area contributed by atoms with Crippen molar-refractivity contribution in [2.45, 2.75) is 34.1 Å². The molecule has 0 aliphatic heterocycles. The van der Waals surface area contributed by atoms with Gasteiger partial charge < -0.3 is 5.32 Å². The van der Waals surface area contributed by atoms with E-state index in [1.807, 2.05) is 13.8 Å². The topological polar surface area (TPSA) is 29.1 Å². The Bertz CT molecular complexity index is 235. The van der Waals surface area contributed by atoms with Crippen LogP contribution in [0.4, 0.5) is 0 Å². The van der Waals surface area contributed by atoms with Crippen LogP contribution in [0, 0.1) is 16.7 Å². The fourth-order valence-corrected chi connectivity index (χ4v) is 1.56. The van der Waals surface area contributed by atoms with Gasteiger partial charge in [-0.3, -0.25) is 4.79 Å². The number of halogens is 1. The molecule has 3 heteroatoms. The molecule has 1 rings (SSSR count). The maximum absolute atomic E-state index is 11.6. The summed E-state index contributed by atoms with van der Waals surface area (Å²) in [5.74, 6) is 1.08. The molecule has 2 nitrogen and oxygen atoms in total. The van der Waals surface area contributed by atoms with Gasteiger partial charge in [0.2, 0.25) is 5.91 Å². The molecule has 0 aromatic rings. The van der Waals surface area contributed by atoms with E-state index in [9.17, 15) is 4.79 Å². The summed E-state index contributed by atoms with van der Waals surface area (Å²) < 4.78 is 0. The van der Waals surface area contributed by atoms with E-state index in [1.54, 1.807) is 0 Å². The second-order valence-electron chi connectivity index (χ2n) is 5.62. The molecular weight excluding hydrogens is 198 g/mol. The predicted octanol–water partition coefficient (Wildman–Crippen LogP) is 2.41. The molecule has 1 saturated carbocycles. The molecule has 14 heavy (non-hydrogen) atoms. The van der Waals surface area contributed by atoms with Crippen LogP contribution in [0.1, 0.15) is 34.1 Å². The highest BCUT2D eigenvalue weighted by molar-refractivity contribution is 6.19. The number of hydrogen-bond donors (Lipinski definition) is 1. The third-order valence-corrected chi connectivity index (χ3v) is 3.84. The van der Waals surface area contributed by atoms with Crippen LogP contribution in [-0.4, -0.2) is 18.3 Å². The Balaban J connectivity index is 2.29. The molecule has 1 amide bonds. The second-order valence-corrected chi connectivity index (χ2v) is 5.88. The van der Waals surface area contributed by atoms with Crippen molar-refractivity contribution in [3.8, 4) is 0 Å². The molecule has 0 bridgehead atoms. The number of rotatable bonds is 4. The molecule has 0 radical (unpaired) electrons. The predicted molar refractivity (Wildman–Crippen MR) is 59.4 cm³/mol. The Hall–Kier alpha value is -0.240. The largest absolute Gasteiger partial charge is 0.355 e. The van der Waals surface area contributed by atoms with Gasteiger partial charge in [-0.05, 0) is 31.6 Å². The zero-order valence-electron chi connectivity index (χ0n) is 9.48. The molecule has 0 saturated heterocycles. The molecule has 0 aromatic carbocycles. The highest BCUT2D eigenvalue weighted by Crippen LogP contribution is 2.51. The average molecular weight is 218 g/mol. The molecule has 0 aromatic heterocycles. The molecule has 1 fully saturated rings. The van der Waals surface area contributed by atoms with Crippen LogP contribution in [0.5, 0.6) is 0 Å². The van der Waals surface area contributed by atoms with E-state index in [0.29, 0.717) is 17.2 Å². The van der Waals surface area contributed by atoms with Crippen molar-refractivity contribution < 1.29 is 4.79 Å². The minimum atomic E-state index is -0.444.